The summed E-state index contributed by atoms with van der Waals surface area (Å²) in [5, 5.41) is 12.7. The second-order valence-electron chi connectivity index (χ2n) is 7.30. The smallest absolute Gasteiger partial charge is 0.312 e. The van der Waals surface area contributed by atoms with Crippen molar-refractivity contribution in [3.8, 4) is 11.6 Å². The molecule has 6 rings (SSSR count). The van der Waals surface area contributed by atoms with Crippen LogP contribution < -0.4 is 0 Å². The van der Waals surface area contributed by atoms with Crippen LogP contribution in [0, 0.1) is 0 Å². The number of H-pyrrole nitrogens is 1. The molecule has 0 aromatic carbocycles. The maximum atomic E-state index is 13.5. The first-order valence-corrected chi connectivity index (χ1v) is 10.7. The van der Waals surface area contributed by atoms with Crippen molar-refractivity contribution in [1.82, 2.24) is 39.7 Å². The predicted molar refractivity (Wildman–Crippen MR) is 116 cm³/mol. The van der Waals surface area contributed by atoms with Gasteiger partial charge in [0.25, 0.3) is 5.89 Å². The summed E-state index contributed by atoms with van der Waals surface area (Å²) in [6.45, 7) is 0.453. The van der Waals surface area contributed by atoms with Gasteiger partial charge in [0.1, 0.15) is 11.7 Å². The van der Waals surface area contributed by atoms with Gasteiger partial charge in [0.15, 0.2) is 0 Å². The number of carbonyl (C=O) groups excluding carboxylic acids is 1. The molecular weight excluding hydrogens is 476 g/mol. The Hall–Kier alpha value is -3.86. The van der Waals surface area contributed by atoms with Crippen LogP contribution >= 0.6 is 15.9 Å². The van der Waals surface area contributed by atoms with E-state index in [-0.39, 0.29) is 17.7 Å². The Morgan fingerprint density at radius 1 is 1.19 bits per heavy atom. The lowest BCUT2D eigenvalue weighted by atomic mass is 9.99. The SMILES string of the molecule is O=C(c1nnc(-c2ccccn2)o1)N1CCc2[nH]cnc2[C@@H]1c1cc2c(Br)cccn2n1. The van der Waals surface area contributed by atoms with Crippen molar-refractivity contribution in [3.63, 3.8) is 0 Å². The highest BCUT2D eigenvalue weighted by Crippen LogP contribution is 2.35. The fraction of sp³-hybridized carbons (Fsp3) is 0.143. The molecule has 11 heteroatoms. The van der Waals surface area contributed by atoms with Gasteiger partial charge < -0.3 is 14.3 Å². The molecule has 5 aromatic heterocycles. The number of carbonyl (C=O) groups is 1. The molecule has 158 valence electrons. The minimum absolute atomic E-state index is 0.0976. The van der Waals surface area contributed by atoms with Crippen molar-refractivity contribution >= 4 is 27.4 Å². The van der Waals surface area contributed by atoms with Gasteiger partial charge in [0, 0.05) is 35.5 Å². The fourth-order valence-corrected chi connectivity index (χ4v) is 4.40. The molecule has 1 atom stereocenters. The number of hydrogen-bond acceptors (Lipinski definition) is 7. The van der Waals surface area contributed by atoms with Crippen LogP contribution in [-0.4, -0.2) is 52.1 Å². The minimum Gasteiger partial charge on any atom is -0.411 e. The number of imidazole rings is 1. The monoisotopic (exact) mass is 490 g/mol. The highest BCUT2D eigenvalue weighted by Gasteiger charge is 2.38. The summed E-state index contributed by atoms with van der Waals surface area (Å²) in [7, 11) is 0. The highest BCUT2D eigenvalue weighted by molar-refractivity contribution is 9.10. The summed E-state index contributed by atoms with van der Waals surface area (Å²) in [5.41, 5.74) is 3.84. The number of amides is 1. The minimum atomic E-state index is -0.491. The van der Waals surface area contributed by atoms with Crippen molar-refractivity contribution in [2.75, 3.05) is 6.54 Å². The van der Waals surface area contributed by atoms with Gasteiger partial charge in [-0.1, -0.05) is 6.07 Å². The summed E-state index contributed by atoms with van der Waals surface area (Å²) < 4.78 is 8.36. The maximum Gasteiger partial charge on any atom is 0.312 e. The van der Waals surface area contributed by atoms with E-state index in [0.29, 0.717) is 24.4 Å². The summed E-state index contributed by atoms with van der Waals surface area (Å²) in [5.74, 6) is -0.284. The lowest BCUT2D eigenvalue weighted by molar-refractivity contribution is 0.0646. The fourth-order valence-electron chi connectivity index (χ4n) is 3.95. The van der Waals surface area contributed by atoms with Gasteiger partial charge in [0.05, 0.1) is 23.2 Å². The number of halogens is 1. The second-order valence-corrected chi connectivity index (χ2v) is 8.15. The number of fused-ring (bicyclic) bond motifs is 2. The van der Waals surface area contributed by atoms with E-state index < -0.39 is 6.04 Å². The third-order valence-electron chi connectivity index (χ3n) is 5.43. The summed E-state index contributed by atoms with van der Waals surface area (Å²) in [6.07, 6.45) is 5.77. The van der Waals surface area contributed by atoms with Crippen molar-refractivity contribution in [2.45, 2.75) is 12.5 Å². The zero-order valence-electron chi connectivity index (χ0n) is 16.5. The first-order chi connectivity index (χ1) is 15.7. The molecule has 0 saturated carbocycles. The first kappa shape index (κ1) is 18.9. The number of hydrogen-bond donors (Lipinski definition) is 1. The molecule has 0 saturated heterocycles. The molecular formula is C21H15BrN8O2. The largest absolute Gasteiger partial charge is 0.411 e. The average Bonchev–Trinajstić information content (AvgIpc) is 3.58. The zero-order chi connectivity index (χ0) is 21.7. The standard InChI is InChI=1S/C21H15BrN8O2/c22-12-4-3-8-30-16(12)10-15(28-30)18-17-13(24-11-25-17)6-9-29(18)21(31)20-27-26-19(32-20)14-5-1-2-7-23-14/h1-5,7-8,10-11,18H,6,9H2,(H,24,25)/t18-/m0/s1. The van der Waals surface area contributed by atoms with Gasteiger partial charge in [-0.25, -0.2) is 9.50 Å². The predicted octanol–water partition coefficient (Wildman–Crippen LogP) is 3.05. The quantitative estimate of drug-likeness (QED) is 0.412. The third kappa shape index (κ3) is 3.01. The van der Waals surface area contributed by atoms with Gasteiger partial charge in [-0.2, -0.15) is 5.10 Å². The molecule has 6 heterocycles. The Kier molecular flexibility index (Phi) is 4.35. The van der Waals surface area contributed by atoms with E-state index in [1.54, 1.807) is 34.1 Å². The van der Waals surface area contributed by atoms with Crippen LogP contribution in [0.5, 0.6) is 0 Å². The maximum absolute atomic E-state index is 13.5. The molecule has 0 unspecified atom stereocenters. The molecule has 1 N–H and O–H groups in total. The summed E-state index contributed by atoms with van der Waals surface area (Å²) in [4.78, 5) is 27.0. The average molecular weight is 491 g/mol. The Bertz CT molecular complexity index is 1440. The van der Waals surface area contributed by atoms with Crippen molar-refractivity contribution < 1.29 is 9.21 Å². The Labute approximate surface area is 189 Å². The van der Waals surface area contributed by atoms with Crippen LogP contribution in [0.1, 0.15) is 33.8 Å². The normalized spacial score (nSPS) is 15.8. The van der Waals surface area contributed by atoms with Crippen LogP contribution in [0.3, 0.4) is 0 Å². The number of pyridine rings is 2. The van der Waals surface area contributed by atoms with E-state index in [2.05, 4.69) is 41.1 Å². The van der Waals surface area contributed by atoms with Gasteiger partial charge in [-0.05, 0) is 46.3 Å². The lowest BCUT2D eigenvalue weighted by Crippen LogP contribution is -2.41. The topological polar surface area (TPSA) is 118 Å². The molecule has 0 bridgehead atoms. The lowest BCUT2D eigenvalue weighted by Gasteiger charge is -2.32. The van der Waals surface area contributed by atoms with E-state index in [9.17, 15) is 4.79 Å². The highest BCUT2D eigenvalue weighted by atomic mass is 79.9. The molecule has 32 heavy (non-hydrogen) atoms. The third-order valence-corrected chi connectivity index (χ3v) is 6.10. The molecule has 10 nitrogen and oxygen atoms in total. The van der Waals surface area contributed by atoms with Gasteiger partial charge in [0.2, 0.25) is 0 Å². The molecule has 5 aromatic rings. The molecule has 0 fully saturated rings. The van der Waals surface area contributed by atoms with Crippen LogP contribution in [0.25, 0.3) is 17.1 Å². The first-order valence-electron chi connectivity index (χ1n) is 9.91. The number of rotatable bonds is 3. The number of nitrogens with one attached hydrogen (secondary N) is 1. The number of nitrogens with zero attached hydrogens (tertiary/aromatic N) is 7. The van der Waals surface area contributed by atoms with E-state index in [1.807, 2.05) is 30.5 Å². The van der Waals surface area contributed by atoms with Crippen molar-refractivity contribution in [3.05, 3.63) is 82.6 Å². The van der Waals surface area contributed by atoms with E-state index >= 15 is 0 Å². The molecule has 1 aliphatic rings. The number of aromatic nitrogens is 7. The van der Waals surface area contributed by atoms with E-state index in [4.69, 9.17) is 9.52 Å². The van der Waals surface area contributed by atoms with Crippen molar-refractivity contribution in [2.24, 2.45) is 0 Å². The van der Waals surface area contributed by atoms with E-state index in [0.717, 1.165) is 21.4 Å². The van der Waals surface area contributed by atoms with Gasteiger partial charge in [-0.3, -0.25) is 9.78 Å². The summed E-state index contributed by atoms with van der Waals surface area (Å²) in [6, 6.07) is 10.7. The molecule has 0 radical (unpaired) electrons. The summed E-state index contributed by atoms with van der Waals surface area (Å²) >= 11 is 3.56. The molecule has 1 amide bonds. The molecule has 1 aliphatic heterocycles. The van der Waals surface area contributed by atoms with Crippen LogP contribution in [-0.2, 0) is 6.42 Å². The molecule has 0 aliphatic carbocycles. The van der Waals surface area contributed by atoms with Crippen LogP contribution in [0.4, 0.5) is 0 Å². The van der Waals surface area contributed by atoms with Crippen LogP contribution in [0.15, 0.2) is 64.0 Å². The van der Waals surface area contributed by atoms with E-state index in [1.165, 1.54) is 0 Å². The van der Waals surface area contributed by atoms with Gasteiger partial charge in [-0.15, -0.1) is 10.2 Å². The Balaban J connectivity index is 1.41. The Morgan fingerprint density at radius 2 is 2.12 bits per heavy atom. The molecule has 0 spiro atoms. The van der Waals surface area contributed by atoms with Crippen molar-refractivity contribution in [1.29, 1.82) is 0 Å². The zero-order valence-corrected chi connectivity index (χ0v) is 18.1. The Morgan fingerprint density at radius 3 is 2.97 bits per heavy atom. The van der Waals surface area contributed by atoms with Gasteiger partial charge >= 0.3 is 11.8 Å². The number of aromatic amines is 1. The van der Waals surface area contributed by atoms with Crippen LogP contribution in [0.2, 0.25) is 0 Å². The second kappa shape index (κ2) is 7.38.